The van der Waals surface area contributed by atoms with Crippen molar-refractivity contribution in [2.45, 2.75) is 0 Å². The number of hydrogen-bond acceptors (Lipinski definition) is 0. The van der Waals surface area contributed by atoms with Crippen molar-refractivity contribution < 1.29 is 16.8 Å². The summed E-state index contributed by atoms with van der Waals surface area (Å²) in [5, 5.41) is 0. The molecule has 0 amide bonds. The zero-order valence-corrected chi connectivity index (χ0v) is 6.44. The van der Waals surface area contributed by atoms with Gasteiger partial charge in [-0.25, -0.2) is 0 Å². The van der Waals surface area contributed by atoms with Crippen LogP contribution in [0.4, 0.5) is 0 Å². The monoisotopic (exact) mass is 388 g/mol. The van der Waals surface area contributed by atoms with E-state index in [4.69, 9.17) is 0 Å². The van der Waals surface area contributed by atoms with Gasteiger partial charge in [-0.1, -0.05) is 0 Å². The van der Waals surface area contributed by atoms with E-state index in [2.05, 4.69) is 0 Å². The minimum absolute atomic E-state index is 0. The fourth-order valence-electron chi connectivity index (χ4n) is 0. The summed E-state index contributed by atoms with van der Waals surface area (Å²) < 4.78 is 0. The second-order valence-corrected chi connectivity index (χ2v) is 0. The van der Waals surface area contributed by atoms with Gasteiger partial charge in [-0.05, 0) is 0 Å². The van der Waals surface area contributed by atoms with Gasteiger partial charge < -0.3 is 0 Å². The summed E-state index contributed by atoms with van der Waals surface area (Å²) in [7, 11) is 0. The number of rotatable bonds is 0. The zero-order chi connectivity index (χ0) is 0. The molecular formula is H4CoInSeTe. The van der Waals surface area contributed by atoms with Crippen LogP contribution in [-0.2, 0) is 16.8 Å². The molecule has 4 heavy (non-hydrogen) atoms. The van der Waals surface area contributed by atoms with Crippen molar-refractivity contribution >= 4 is 66.6 Å². The van der Waals surface area contributed by atoms with Crippen LogP contribution in [0, 0.1) is 0 Å². The summed E-state index contributed by atoms with van der Waals surface area (Å²) in [6, 6.07) is 0. The molecule has 0 aromatic heterocycles. The zero-order valence-electron chi connectivity index (χ0n) is 1.19. The molecule has 4 heteroatoms. The molecule has 0 N–H and O–H groups in total. The first kappa shape index (κ1) is 30.0. The minimum Gasteiger partial charge on any atom is 0 e. The molecule has 0 nitrogen and oxygen atoms in total. The molecule has 0 rings (SSSR count). The van der Waals surface area contributed by atoms with E-state index < -0.39 is 0 Å². The van der Waals surface area contributed by atoms with Gasteiger partial charge in [0, 0.05) is 40.4 Å². The predicted molar refractivity (Wildman–Crippen MR) is 22.8 cm³/mol. The van der Waals surface area contributed by atoms with E-state index in [0.29, 0.717) is 0 Å². The standard InChI is InChI=1S/Co.In.HSe.Te.3H/h;;1H;;;;. The summed E-state index contributed by atoms with van der Waals surface area (Å²) in [5.74, 6) is 0. The first-order valence-corrected chi connectivity index (χ1v) is 0. The van der Waals surface area contributed by atoms with Crippen LogP contribution >= 0.6 is 0 Å². The Hall–Kier alpha value is 2.69. The third kappa shape index (κ3) is 8.82. The molecule has 0 fully saturated rings. The fourth-order valence-corrected chi connectivity index (χ4v) is 0. The van der Waals surface area contributed by atoms with Gasteiger partial charge in [-0.15, -0.1) is 0 Å². The third-order valence-electron chi connectivity index (χ3n) is 0. The molecular weight excluding hydrogens is 380 g/mol. The predicted octanol–water partition coefficient (Wildman–Crippen LogP) is -2.22. The molecule has 0 aromatic rings. The van der Waals surface area contributed by atoms with Crippen LogP contribution in [0.25, 0.3) is 0 Å². The molecule has 28 valence electrons. The fraction of sp³-hybridized carbons (Fsp3) is 0. The van der Waals surface area contributed by atoms with Crippen LogP contribution in [0.1, 0.15) is 0 Å². The maximum absolute atomic E-state index is 0. The Morgan fingerprint density at radius 3 is 1.00 bits per heavy atom. The van der Waals surface area contributed by atoms with Gasteiger partial charge in [-0.2, -0.15) is 0 Å². The van der Waals surface area contributed by atoms with Crippen molar-refractivity contribution in [2.75, 3.05) is 0 Å². The maximum atomic E-state index is 0. The SMILES string of the molecule is [Co].[InH3].[SeH].[Te]. The van der Waals surface area contributed by atoms with Crippen LogP contribution in [0.15, 0.2) is 0 Å². The summed E-state index contributed by atoms with van der Waals surface area (Å²) in [6.07, 6.45) is 0. The third-order valence-corrected chi connectivity index (χ3v) is 0. The minimum atomic E-state index is 0. The van der Waals surface area contributed by atoms with Crippen LogP contribution in [0.3, 0.4) is 0 Å². The average molecular weight is 384 g/mol. The van der Waals surface area contributed by atoms with Gasteiger partial charge in [-0.3, -0.25) is 0 Å². The Bertz CT molecular complexity index is 8.00. The summed E-state index contributed by atoms with van der Waals surface area (Å²) in [5.41, 5.74) is 0. The average Bonchev–Trinajstić information content (AvgIpc) is 0. The van der Waals surface area contributed by atoms with E-state index in [1.165, 1.54) is 0 Å². The van der Waals surface area contributed by atoms with Gasteiger partial charge in [0.05, 0.1) is 0 Å². The summed E-state index contributed by atoms with van der Waals surface area (Å²) in [6.45, 7) is 0. The van der Waals surface area contributed by atoms with Crippen molar-refractivity contribution in [3.8, 4) is 0 Å². The van der Waals surface area contributed by atoms with E-state index in [-0.39, 0.29) is 83.4 Å². The van der Waals surface area contributed by atoms with Crippen molar-refractivity contribution in [3.05, 3.63) is 0 Å². The molecule has 0 bridgehead atoms. The van der Waals surface area contributed by atoms with Crippen molar-refractivity contribution in [3.63, 3.8) is 0 Å². The Morgan fingerprint density at radius 2 is 1.00 bits per heavy atom. The van der Waals surface area contributed by atoms with Crippen LogP contribution in [0.2, 0.25) is 0 Å². The second kappa shape index (κ2) is 17.3. The Morgan fingerprint density at radius 1 is 1.00 bits per heavy atom. The van der Waals surface area contributed by atoms with E-state index >= 15 is 0 Å². The summed E-state index contributed by atoms with van der Waals surface area (Å²) in [4.78, 5) is 0. The van der Waals surface area contributed by atoms with Crippen LogP contribution in [0.5, 0.6) is 0 Å². The Kier molecular flexibility index (Phi) is 130. The molecule has 4 radical (unpaired) electrons. The molecule has 0 aliphatic carbocycles. The van der Waals surface area contributed by atoms with Crippen molar-refractivity contribution in [2.24, 2.45) is 0 Å². The van der Waals surface area contributed by atoms with Crippen LogP contribution < -0.4 is 0 Å². The van der Waals surface area contributed by atoms with Gasteiger partial charge in [0.25, 0.3) is 0 Å². The van der Waals surface area contributed by atoms with Gasteiger partial charge >= 0.3 is 42.9 Å². The van der Waals surface area contributed by atoms with Crippen molar-refractivity contribution in [1.29, 1.82) is 0 Å². The smallest absolute Gasteiger partial charge is 0 e. The molecule has 0 saturated heterocycles. The van der Waals surface area contributed by atoms with Gasteiger partial charge in [0.1, 0.15) is 0 Å². The molecule has 0 atom stereocenters. The Labute approximate surface area is 82.0 Å². The van der Waals surface area contributed by atoms with E-state index in [1.807, 2.05) is 0 Å². The molecule has 0 unspecified atom stereocenters. The molecule has 0 saturated carbocycles. The van der Waals surface area contributed by atoms with E-state index in [0.717, 1.165) is 0 Å². The van der Waals surface area contributed by atoms with E-state index in [9.17, 15) is 0 Å². The largest absolute Gasteiger partial charge is 0 e. The first-order chi connectivity index (χ1) is 0. The molecule has 0 heterocycles. The van der Waals surface area contributed by atoms with Gasteiger partial charge in [0.2, 0.25) is 0 Å². The summed E-state index contributed by atoms with van der Waals surface area (Å²) >= 11 is 0. The first-order valence-electron chi connectivity index (χ1n) is 0. The molecule has 0 spiro atoms. The Balaban J connectivity index is 0. The van der Waals surface area contributed by atoms with Gasteiger partial charge in [0.15, 0.2) is 0 Å². The quantitative estimate of drug-likeness (QED) is 0.416. The van der Waals surface area contributed by atoms with E-state index in [1.54, 1.807) is 0 Å². The molecule has 0 aliphatic rings. The van der Waals surface area contributed by atoms with Crippen molar-refractivity contribution in [1.82, 2.24) is 0 Å². The second-order valence-electron chi connectivity index (χ2n) is 0. The van der Waals surface area contributed by atoms with Crippen LogP contribution in [-0.4, -0.2) is 66.6 Å². The number of hydrogen-bond donors (Lipinski definition) is 0. The maximum Gasteiger partial charge on any atom is 0 e. The molecule has 0 aliphatic heterocycles. The topological polar surface area (TPSA) is 0 Å². The normalized spacial score (nSPS) is 0. The molecule has 0 aromatic carbocycles.